The summed E-state index contributed by atoms with van der Waals surface area (Å²) in [5, 5.41) is 3.48. The molecule has 0 aromatic carbocycles. The van der Waals surface area contributed by atoms with E-state index in [1.807, 2.05) is 0 Å². The fourth-order valence-electron chi connectivity index (χ4n) is 4.71. The van der Waals surface area contributed by atoms with Gasteiger partial charge in [0.05, 0.1) is 0 Å². The number of hydrogen-bond acceptors (Lipinski definition) is 3. The van der Waals surface area contributed by atoms with Crippen molar-refractivity contribution < 1.29 is 0 Å². The summed E-state index contributed by atoms with van der Waals surface area (Å²) >= 11 is 0. The van der Waals surface area contributed by atoms with Crippen LogP contribution in [0.2, 0.25) is 0 Å². The lowest BCUT2D eigenvalue weighted by molar-refractivity contribution is 0.200. The molecule has 3 heterocycles. The average Bonchev–Trinajstić information content (AvgIpc) is 2.62. The molecule has 0 aromatic rings. The van der Waals surface area contributed by atoms with Crippen LogP contribution in [0.3, 0.4) is 0 Å². The van der Waals surface area contributed by atoms with E-state index >= 15 is 0 Å². The van der Waals surface area contributed by atoms with Crippen LogP contribution in [0.25, 0.3) is 0 Å². The number of nitrogens with one attached hydrogen (secondary N) is 1. The monoisotopic (exact) mass is 251 g/mol. The molecule has 0 aromatic heterocycles. The highest BCUT2D eigenvalue weighted by Crippen LogP contribution is 2.51. The molecule has 104 valence electrons. The number of piperidine rings is 1. The van der Waals surface area contributed by atoms with Gasteiger partial charge in [-0.15, -0.1) is 0 Å². The van der Waals surface area contributed by atoms with Gasteiger partial charge in [0.25, 0.3) is 0 Å². The summed E-state index contributed by atoms with van der Waals surface area (Å²) in [5.41, 5.74) is 1.04. The van der Waals surface area contributed by atoms with Gasteiger partial charge in [-0.05, 0) is 38.9 Å². The number of nitrogens with zero attached hydrogens (tertiary/aromatic N) is 2. The molecular weight excluding hydrogens is 222 g/mol. The summed E-state index contributed by atoms with van der Waals surface area (Å²) in [6.07, 6.45) is 2.76. The topological polar surface area (TPSA) is 18.5 Å². The average molecular weight is 251 g/mol. The zero-order valence-corrected chi connectivity index (χ0v) is 12.3. The Balaban J connectivity index is 1.61. The number of rotatable bonds is 2. The summed E-state index contributed by atoms with van der Waals surface area (Å²) in [4.78, 5) is 5.30. The Morgan fingerprint density at radius 2 is 1.56 bits per heavy atom. The Morgan fingerprint density at radius 3 is 2.11 bits per heavy atom. The first-order valence-corrected chi connectivity index (χ1v) is 7.62. The molecule has 2 unspecified atom stereocenters. The fraction of sp³-hybridized carbons (Fsp3) is 1.00. The Labute approximate surface area is 112 Å². The summed E-state index contributed by atoms with van der Waals surface area (Å²) in [6, 6.07) is 0. The van der Waals surface area contributed by atoms with Crippen molar-refractivity contribution in [2.75, 3.05) is 52.9 Å². The zero-order chi connectivity index (χ0) is 12.8. The van der Waals surface area contributed by atoms with Crippen LogP contribution in [0, 0.1) is 16.7 Å². The van der Waals surface area contributed by atoms with E-state index in [0.717, 1.165) is 5.92 Å². The molecule has 0 spiro atoms. The smallest absolute Gasteiger partial charge is 0.00541 e. The van der Waals surface area contributed by atoms with Crippen molar-refractivity contribution in [3.05, 3.63) is 0 Å². The third-order valence-corrected chi connectivity index (χ3v) is 5.82. The lowest BCUT2D eigenvalue weighted by atomic mass is 9.71. The summed E-state index contributed by atoms with van der Waals surface area (Å²) in [5.74, 6) is 0.940. The van der Waals surface area contributed by atoms with Crippen LogP contribution in [-0.2, 0) is 0 Å². The molecule has 2 atom stereocenters. The van der Waals surface area contributed by atoms with Gasteiger partial charge in [-0.3, -0.25) is 0 Å². The van der Waals surface area contributed by atoms with Gasteiger partial charge in [-0.2, -0.15) is 0 Å². The van der Waals surface area contributed by atoms with Gasteiger partial charge in [-0.25, -0.2) is 0 Å². The highest BCUT2D eigenvalue weighted by molar-refractivity contribution is 5.09. The number of hydrogen-bond donors (Lipinski definition) is 1. The molecule has 0 radical (unpaired) electrons. The van der Waals surface area contributed by atoms with Crippen molar-refractivity contribution in [2.24, 2.45) is 16.7 Å². The molecule has 3 aliphatic rings. The Hall–Kier alpha value is -0.120. The Morgan fingerprint density at radius 1 is 1.00 bits per heavy atom. The van der Waals surface area contributed by atoms with Crippen molar-refractivity contribution in [1.29, 1.82) is 0 Å². The molecule has 3 aliphatic heterocycles. The quantitative estimate of drug-likeness (QED) is 0.797. The highest BCUT2D eigenvalue weighted by Gasteiger charge is 2.56. The Bertz CT molecular complexity index is 293. The fourth-order valence-corrected chi connectivity index (χ4v) is 4.71. The van der Waals surface area contributed by atoms with Crippen LogP contribution < -0.4 is 5.32 Å². The molecule has 0 aliphatic carbocycles. The van der Waals surface area contributed by atoms with Gasteiger partial charge < -0.3 is 15.1 Å². The molecule has 3 saturated heterocycles. The Kier molecular flexibility index (Phi) is 3.20. The SMILES string of the molecule is CN1CC2(C)CN(CC3CCNCC3)CC2(C)C1. The van der Waals surface area contributed by atoms with Crippen LogP contribution >= 0.6 is 0 Å². The van der Waals surface area contributed by atoms with E-state index in [1.54, 1.807) is 0 Å². The van der Waals surface area contributed by atoms with Gasteiger partial charge in [0, 0.05) is 43.6 Å². The molecule has 1 N–H and O–H groups in total. The predicted molar refractivity (Wildman–Crippen MR) is 75.7 cm³/mol. The van der Waals surface area contributed by atoms with Crippen LogP contribution in [-0.4, -0.2) is 62.7 Å². The third kappa shape index (κ3) is 2.10. The second kappa shape index (κ2) is 4.46. The number of likely N-dealkylation sites (tertiary alicyclic amines) is 2. The van der Waals surface area contributed by atoms with Crippen molar-refractivity contribution >= 4 is 0 Å². The van der Waals surface area contributed by atoms with Crippen molar-refractivity contribution in [2.45, 2.75) is 26.7 Å². The van der Waals surface area contributed by atoms with Gasteiger partial charge in [0.1, 0.15) is 0 Å². The number of fused-ring (bicyclic) bond motifs is 1. The maximum Gasteiger partial charge on any atom is 0.00541 e. The summed E-state index contributed by atoms with van der Waals surface area (Å²) in [6.45, 7) is 14.0. The second-order valence-corrected chi connectivity index (χ2v) is 7.66. The maximum absolute atomic E-state index is 3.48. The summed E-state index contributed by atoms with van der Waals surface area (Å²) in [7, 11) is 2.28. The van der Waals surface area contributed by atoms with Crippen molar-refractivity contribution in [1.82, 2.24) is 15.1 Å². The molecular formula is C15H29N3. The maximum atomic E-state index is 3.48. The van der Waals surface area contributed by atoms with Gasteiger partial charge in [0.2, 0.25) is 0 Å². The van der Waals surface area contributed by atoms with Crippen LogP contribution in [0.1, 0.15) is 26.7 Å². The highest BCUT2D eigenvalue weighted by atomic mass is 15.3. The van der Waals surface area contributed by atoms with Crippen LogP contribution in [0.5, 0.6) is 0 Å². The normalized spacial score (nSPS) is 43.5. The molecule has 3 heteroatoms. The summed E-state index contributed by atoms with van der Waals surface area (Å²) < 4.78 is 0. The molecule has 3 fully saturated rings. The minimum Gasteiger partial charge on any atom is -0.317 e. The molecule has 3 rings (SSSR count). The minimum atomic E-state index is 0.522. The van der Waals surface area contributed by atoms with E-state index in [-0.39, 0.29) is 0 Å². The zero-order valence-electron chi connectivity index (χ0n) is 12.3. The van der Waals surface area contributed by atoms with E-state index in [2.05, 4.69) is 36.0 Å². The van der Waals surface area contributed by atoms with Crippen molar-refractivity contribution in [3.8, 4) is 0 Å². The first-order valence-electron chi connectivity index (χ1n) is 7.62. The van der Waals surface area contributed by atoms with Gasteiger partial charge >= 0.3 is 0 Å². The molecule has 0 amide bonds. The predicted octanol–water partition coefficient (Wildman–Crippen LogP) is 1.26. The van der Waals surface area contributed by atoms with E-state index < -0.39 is 0 Å². The third-order valence-electron chi connectivity index (χ3n) is 5.82. The first-order chi connectivity index (χ1) is 8.51. The molecule has 18 heavy (non-hydrogen) atoms. The van der Waals surface area contributed by atoms with Gasteiger partial charge in [-0.1, -0.05) is 13.8 Å². The van der Waals surface area contributed by atoms with Crippen LogP contribution in [0.4, 0.5) is 0 Å². The van der Waals surface area contributed by atoms with E-state index in [1.165, 1.54) is 58.7 Å². The van der Waals surface area contributed by atoms with Crippen molar-refractivity contribution in [3.63, 3.8) is 0 Å². The van der Waals surface area contributed by atoms with E-state index in [0.29, 0.717) is 10.8 Å². The first kappa shape index (κ1) is 12.9. The molecule has 0 bridgehead atoms. The standard InChI is InChI=1S/C15H29N3/c1-14-9-17(3)10-15(14,2)12-18(11-14)8-13-4-6-16-7-5-13/h13,16H,4-12H2,1-3H3. The van der Waals surface area contributed by atoms with E-state index in [4.69, 9.17) is 0 Å². The lowest BCUT2D eigenvalue weighted by Gasteiger charge is -2.31. The van der Waals surface area contributed by atoms with Crippen LogP contribution in [0.15, 0.2) is 0 Å². The molecule has 0 saturated carbocycles. The van der Waals surface area contributed by atoms with E-state index in [9.17, 15) is 0 Å². The molecule has 3 nitrogen and oxygen atoms in total. The lowest BCUT2D eigenvalue weighted by Crippen LogP contribution is -2.37. The second-order valence-electron chi connectivity index (χ2n) is 7.66. The largest absolute Gasteiger partial charge is 0.317 e. The minimum absolute atomic E-state index is 0.522. The van der Waals surface area contributed by atoms with Gasteiger partial charge in [0.15, 0.2) is 0 Å².